The molecule has 0 bridgehead atoms. The fourth-order valence-corrected chi connectivity index (χ4v) is 1.67. The summed E-state index contributed by atoms with van der Waals surface area (Å²) in [5, 5.41) is 12.1. The number of β-amino-alcohol motifs (C(OH)–C–C–N with tert-alkyl or cyclic N) is 1. The maximum Gasteiger partial charge on any atom is 0.221 e. The first-order valence-corrected chi connectivity index (χ1v) is 5.27. The van der Waals surface area contributed by atoms with Crippen molar-refractivity contribution in [1.29, 1.82) is 0 Å². The highest BCUT2D eigenvalue weighted by atomic mass is 16.3. The Morgan fingerprint density at radius 3 is 2.86 bits per heavy atom. The number of carbonyl (C=O) groups excluding carboxylic acids is 1. The van der Waals surface area contributed by atoms with Gasteiger partial charge in [0.05, 0.1) is 6.10 Å². The summed E-state index contributed by atoms with van der Waals surface area (Å²) in [6, 6.07) is 0.215. The third kappa shape index (κ3) is 4.07. The Hall–Kier alpha value is -0.610. The Bertz CT molecular complexity index is 195. The average molecular weight is 200 g/mol. The molecule has 0 aromatic heterocycles. The predicted molar refractivity (Wildman–Crippen MR) is 55.0 cm³/mol. The summed E-state index contributed by atoms with van der Waals surface area (Å²) in [5.74, 6) is 0.0985. The molecule has 4 nitrogen and oxygen atoms in total. The number of amides is 1. The van der Waals surface area contributed by atoms with Gasteiger partial charge >= 0.3 is 0 Å². The van der Waals surface area contributed by atoms with E-state index in [0.717, 1.165) is 26.1 Å². The van der Waals surface area contributed by atoms with E-state index in [2.05, 4.69) is 10.2 Å². The van der Waals surface area contributed by atoms with E-state index in [9.17, 15) is 9.90 Å². The molecule has 1 rings (SSSR count). The molecule has 0 aromatic carbocycles. The molecule has 1 amide bonds. The smallest absolute Gasteiger partial charge is 0.221 e. The van der Waals surface area contributed by atoms with Gasteiger partial charge in [0.25, 0.3) is 0 Å². The monoisotopic (exact) mass is 200 g/mol. The van der Waals surface area contributed by atoms with Crippen molar-refractivity contribution >= 4 is 5.91 Å². The highest BCUT2D eigenvalue weighted by Crippen LogP contribution is 2.08. The van der Waals surface area contributed by atoms with Crippen LogP contribution in [0.4, 0.5) is 0 Å². The van der Waals surface area contributed by atoms with Gasteiger partial charge in [0.2, 0.25) is 5.91 Å². The summed E-state index contributed by atoms with van der Waals surface area (Å²) in [6.45, 7) is 6.30. The van der Waals surface area contributed by atoms with E-state index in [0.29, 0.717) is 6.42 Å². The second kappa shape index (κ2) is 5.32. The van der Waals surface area contributed by atoms with E-state index in [4.69, 9.17) is 0 Å². The summed E-state index contributed by atoms with van der Waals surface area (Å²) in [5.41, 5.74) is 0. The van der Waals surface area contributed by atoms with Crippen molar-refractivity contribution in [2.75, 3.05) is 19.6 Å². The maximum atomic E-state index is 11.3. The molecule has 0 spiro atoms. The molecule has 1 aliphatic rings. The van der Waals surface area contributed by atoms with Crippen LogP contribution in [0, 0.1) is 0 Å². The van der Waals surface area contributed by atoms with Gasteiger partial charge in [0.1, 0.15) is 0 Å². The molecule has 0 radical (unpaired) electrons. The maximum absolute atomic E-state index is 11.3. The number of hydrogen-bond acceptors (Lipinski definition) is 3. The Kier molecular flexibility index (Phi) is 4.35. The summed E-state index contributed by atoms with van der Waals surface area (Å²) in [7, 11) is 0. The standard InChI is InChI=1S/C10H20N2O2/c1-8(2)11-10(14)4-6-12-5-3-9(13)7-12/h8-9,13H,3-7H2,1-2H3,(H,11,14)/t9-/m0/s1. The van der Waals surface area contributed by atoms with Crippen LogP contribution in [-0.4, -0.2) is 47.7 Å². The number of aliphatic hydroxyl groups excluding tert-OH is 1. The van der Waals surface area contributed by atoms with Crippen molar-refractivity contribution in [2.24, 2.45) is 0 Å². The molecular weight excluding hydrogens is 180 g/mol. The molecule has 1 saturated heterocycles. The molecule has 82 valence electrons. The van der Waals surface area contributed by atoms with Crippen LogP contribution in [0.3, 0.4) is 0 Å². The lowest BCUT2D eigenvalue weighted by Crippen LogP contribution is -2.33. The number of nitrogens with one attached hydrogen (secondary N) is 1. The fourth-order valence-electron chi connectivity index (χ4n) is 1.67. The van der Waals surface area contributed by atoms with Crippen LogP contribution in [0.15, 0.2) is 0 Å². The molecule has 0 unspecified atom stereocenters. The minimum atomic E-state index is -0.192. The first-order chi connectivity index (χ1) is 6.58. The fraction of sp³-hybridized carbons (Fsp3) is 0.900. The number of nitrogens with zero attached hydrogens (tertiary/aromatic N) is 1. The van der Waals surface area contributed by atoms with Gasteiger partial charge in [-0.25, -0.2) is 0 Å². The SMILES string of the molecule is CC(C)NC(=O)CCN1CC[C@H](O)C1. The minimum absolute atomic E-state index is 0.0985. The van der Waals surface area contributed by atoms with E-state index in [-0.39, 0.29) is 18.1 Å². The van der Waals surface area contributed by atoms with Crippen molar-refractivity contribution in [3.8, 4) is 0 Å². The van der Waals surface area contributed by atoms with Gasteiger partial charge in [-0.05, 0) is 20.3 Å². The first-order valence-electron chi connectivity index (χ1n) is 5.27. The third-order valence-electron chi connectivity index (χ3n) is 2.35. The number of aliphatic hydroxyl groups is 1. The summed E-state index contributed by atoms with van der Waals surface area (Å²) in [4.78, 5) is 13.4. The Labute approximate surface area is 85.3 Å². The van der Waals surface area contributed by atoms with Crippen LogP contribution in [0.1, 0.15) is 26.7 Å². The zero-order valence-corrected chi connectivity index (χ0v) is 8.99. The molecule has 4 heteroatoms. The molecule has 1 fully saturated rings. The highest BCUT2D eigenvalue weighted by Gasteiger charge is 2.20. The second-order valence-electron chi connectivity index (χ2n) is 4.22. The van der Waals surface area contributed by atoms with E-state index >= 15 is 0 Å². The van der Waals surface area contributed by atoms with Crippen LogP contribution >= 0.6 is 0 Å². The van der Waals surface area contributed by atoms with Crippen molar-refractivity contribution < 1.29 is 9.90 Å². The lowest BCUT2D eigenvalue weighted by Gasteiger charge is -2.15. The molecule has 1 aliphatic heterocycles. The highest BCUT2D eigenvalue weighted by molar-refractivity contribution is 5.76. The molecule has 1 atom stereocenters. The van der Waals surface area contributed by atoms with Gasteiger partial charge < -0.3 is 15.3 Å². The van der Waals surface area contributed by atoms with Crippen LogP contribution in [-0.2, 0) is 4.79 Å². The molecule has 1 heterocycles. The van der Waals surface area contributed by atoms with Crippen LogP contribution in [0.2, 0.25) is 0 Å². The zero-order chi connectivity index (χ0) is 10.6. The lowest BCUT2D eigenvalue weighted by atomic mass is 10.3. The van der Waals surface area contributed by atoms with E-state index in [1.807, 2.05) is 13.8 Å². The van der Waals surface area contributed by atoms with Crippen molar-refractivity contribution in [3.63, 3.8) is 0 Å². The van der Waals surface area contributed by atoms with Crippen molar-refractivity contribution in [1.82, 2.24) is 10.2 Å². The van der Waals surface area contributed by atoms with Crippen molar-refractivity contribution in [3.05, 3.63) is 0 Å². The number of hydrogen-bond donors (Lipinski definition) is 2. The quantitative estimate of drug-likeness (QED) is 0.670. The lowest BCUT2D eigenvalue weighted by molar-refractivity contribution is -0.121. The zero-order valence-electron chi connectivity index (χ0n) is 8.99. The molecule has 2 N–H and O–H groups in total. The molecule has 0 saturated carbocycles. The molecule has 14 heavy (non-hydrogen) atoms. The van der Waals surface area contributed by atoms with E-state index < -0.39 is 0 Å². The van der Waals surface area contributed by atoms with Gasteiger partial charge in [-0.3, -0.25) is 4.79 Å². The van der Waals surface area contributed by atoms with E-state index in [1.54, 1.807) is 0 Å². The van der Waals surface area contributed by atoms with Crippen LogP contribution < -0.4 is 5.32 Å². The normalized spacial score (nSPS) is 23.0. The van der Waals surface area contributed by atoms with Gasteiger partial charge in [-0.15, -0.1) is 0 Å². The Morgan fingerprint density at radius 2 is 2.36 bits per heavy atom. The van der Waals surface area contributed by atoms with E-state index in [1.165, 1.54) is 0 Å². The number of likely N-dealkylation sites (tertiary alicyclic amines) is 1. The van der Waals surface area contributed by atoms with Crippen LogP contribution in [0.25, 0.3) is 0 Å². The topological polar surface area (TPSA) is 52.6 Å². The third-order valence-corrected chi connectivity index (χ3v) is 2.35. The van der Waals surface area contributed by atoms with Crippen LogP contribution in [0.5, 0.6) is 0 Å². The largest absolute Gasteiger partial charge is 0.392 e. The van der Waals surface area contributed by atoms with Gasteiger partial charge in [-0.2, -0.15) is 0 Å². The van der Waals surface area contributed by atoms with Crippen molar-refractivity contribution in [2.45, 2.75) is 38.8 Å². The summed E-state index contributed by atoms with van der Waals surface area (Å²) < 4.78 is 0. The Balaban J connectivity index is 2.11. The summed E-state index contributed by atoms with van der Waals surface area (Å²) >= 11 is 0. The Morgan fingerprint density at radius 1 is 1.64 bits per heavy atom. The van der Waals surface area contributed by atoms with Gasteiger partial charge in [-0.1, -0.05) is 0 Å². The predicted octanol–water partition coefficient (Wildman–Crippen LogP) is -0.0323. The number of carbonyl (C=O) groups is 1. The molecule has 0 aliphatic carbocycles. The molecule has 0 aromatic rings. The molecular formula is C10H20N2O2. The van der Waals surface area contributed by atoms with Gasteiger partial charge in [0, 0.05) is 32.1 Å². The summed E-state index contributed by atoms with van der Waals surface area (Å²) in [6.07, 6.45) is 1.18. The number of rotatable bonds is 4. The first kappa shape index (κ1) is 11.5. The minimum Gasteiger partial charge on any atom is -0.392 e. The average Bonchev–Trinajstić information content (AvgIpc) is 2.47. The second-order valence-corrected chi connectivity index (χ2v) is 4.22. The van der Waals surface area contributed by atoms with Gasteiger partial charge in [0.15, 0.2) is 0 Å².